The molecule has 0 spiro atoms. The first-order valence-corrected chi connectivity index (χ1v) is 7.56. The van der Waals surface area contributed by atoms with E-state index in [-0.39, 0.29) is 6.04 Å². The molecular weight excluding hydrogens is 262 g/mol. The minimum Gasteiger partial charge on any atom is -0.493 e. The zero-order chi connectivity index (χ0) is 14.7. The van der Waals surface area contributed by atoms with Crippen LogP contribution in [0.3, 0.4) is 0 Å². The van der Waals surface area contributed by atoms with Crippen LogP contribution >= 0.6 is 0 Å². The van der Waals surface area contributed by atoms with E-state index in [1.165, 1.54) is 5.56 Å². The van der Waals surface area contributed by atoms with Crippen molar-refractivity contribution >= 4 is 0 Å². The maximum atomic E-state index is 5.84. The van der Waals surface area contributed by atoms with Crippen LogP contribution in [0.2, 0.25) is 0 Å². The number of nitrogens with one attached hydrogen (secondary N) is 1. The molecule has 4 nitrogen and oxygen atoms in total. The summed E-state index contributed by atoms with van der Waals surface area (Å²) in [5, 5.41) is 3.55. The van der Waals surface area contributed by atoms with Gasteiger partial charge in [0.1, 0.15) is 11.6 Å². The predicted octanol–water partition coefficient (Wildman–Crippen LogP) is 2.81. The first-order chi connectivity index (χ1) is 10.3. The Kier molecular flexibility index (Phi) is 4.15. The standard InChI is InChI=1S/C17H21N3O/c1-3-8-18-15(17-19-10-12(2)11-20-17)14-6-4-5-13-7-9-21-16(13)14/h4-6,10-11,15,18H,3,7-9H2,1-2H3. The molecular formula is C17H21N3O. The highest BCUT2D eigenvalue weighted by atomic mass is 16.5. The van der Waals surface area contributed by atoms with Gasteiger partial charge in [-0.05, 0) is 31.0 Å². The van der Waals surface area contributed by atoms with Gasteiger partial charge in [-0.1, -0.05) is 25.1 Å². The minimum absolute atomic E-state index is 0.0152. The number of hydrogen-bond donors (Lipinski definition) is 1. The Morgan fingerprint density at radius 3 is 2.86 bits per heavy atom. The van der Waals surface area contributed by atoms with E-state index in [1.54, 1.807) is 0 Å². The van der Waals surface area contributed by atoms with Gasteiger partial charge in [0, 0.05) is 24.4 Å². The second kappa shape index (κ2) is 6.22. The van der Waals surface area contributed by atoms with Crippen LogP contribution in [0.1, 0.15) is 41.9 Å². The van der Waals surface area contributed by atoms with Gasteiger partial charge >= 0.3 is 0 Å². The van der Waals surface area contributed by atoms with Crippen molar-refractivity contribution in [2.24, 2.45) is 0 Å². The van der Waals surface area contributed by atoms with E-state index < -0.39 is 0 Å². The summed E-state index contributed by atoms with van der Waals surface area (Å²) < 4.78 is 5.84. The summed E-state index contributed by atoms with van der Waals surface area (Å²) in [4.78, 5) is 9.01. The SMILES string of the molecule is CCCNC(c1ncc(C)cn1)c1cccc2c1OCC2. The van der Waals surface area contributed by atoms with Gasteiger partial charge in [-0.2, -0.15) is 0 Å². The van der Waals surface area contributed by atoms with E-state index in [0.29, 0.717) is 0 Å². The zero-order valence-corrected chi connectivity index (χ0v) is 12.6. The highest BCUT2D eigenvalue weighted by Gasteiger charge is 2.24. The average molecular weight is 283 g/mol. The van der Waals surface area contributed by atoms with Crippen molar-refractivity contribution in [2.45, 2.75) is 32.7 Å². The molecule has 2 heterocycles. The Bertz CT molecular complexity index is 610. The third kappa shape index (κ3) is 2.90. The highest BCUT2D eigenvalue weighted by Crippen LogP contribution is 2.35. The zero-order valence-electron chi connectivity index (χ0n) is 12.6. The van der Waals surface area contributed by atoms with Crippen molar-refractivity contribution in [1.29, 1.82) is 0 Å². The topological polar surface area (TPSA) is 47.0 Å². The lowest BCUT2D eigenvalue weighted by atomic mass is 10.0. The van der Waals surface area contributed by atoms with Crippen molar-refractivity contribution < 1.29 is 4.74 Å². The molecule has 1 atom stereocenters. The first kappa shape index (κ1) is 14.0. The number of benzene rings is 1. The third-order valence-electron chi connectivity index (χ3n) is 3.71. The highest BCUT2D eigenvalue weighted by molar-refractivity contribution is 5.47. The molecule has 0 amide bonds. The molecule has 1 aromatic carbocycles. The molecule has 0 radical (unpaired) electrons. The normalized spacial score (nSPS) is 14.6. The second-order valence-corrected chi connectivity index (χ2v) is 5.44. The van der Waals surface area contributed by atoms with Crippen molar-refractivity contribution in [3.63, 3.8) is 0 Å². The molecule has 1 aliphatic rings. The summed E-state index contributed by atoms with van der Waals surface area (Å²) in [6.07, 6.45) is 5.79. The average Bonchev–Trinajstić information content (AvgIpc) is 2.98. The first-order valence-electron chi connectivity index (χ1n) is 7.56. The Labute approximate surface area is 125 Å². The van der Waals surface area contributed by atoms with E-state index in [0.717, 1.165) is 48.7 Å². The summed E-state index contributed by atoms with van der Waals surface area (Å²) in [6.45, 7) is 5.85. The van der Waals surface area contributed by atoms with E-state index in [1.807, 2.05) is 19.3 Å². The van der Waals surface area contributed by atoms with E-state index in [4.69, 9.17) is 4.74 Å². The quantitative estimate of drug-likeness (QED) is 0.916. The van der Waals surface area contributed by atoms with Gasteiger partial charge in [0.05, 0.1) is 12.6 Å². The summed E-state index contributed by atoms with van der Waals surface area (Å²) in [7, 11) is 0. The molecule has 0 bridgehead atoms. The molecule has 1 aliphatic heterocycles. The molecule has 4 heteroatoms. The second-order valence-electron chi connectivity index (χ2n) is 5.44. The number of fused-ring (bicyclic) bond motifs is 1. The molecule has 3 rings (SSSR count). The minimum atomic E-state index is -0.0152. The van der Waals surface area contributed by atoms with Crippen molar-refractivity contribution in [3.8, 4) is 5.75 Å². The summed E-state index contributed by atoms with van der Waals surface area (Å²) in [6, 6.07) is 6.33. The Morgan fingerprint density at radius 1 is 1.29 bits per heavy atom. The molecule has 0 saturated carbocycles. The van der Waals surface area contributed by atoms with Crippen molar-refractivity contribution in [2.75, 3.05) is 13.2 Å². The monoisotopic (exact) mass is 283 g/mol. The molecule has 2 aromatic rings. The van der Waals surface area contributed by atoms with Crippen LogP contribution < -0.4 is 10.1 Å². The smallest absolute Gasteiger partial charge is 0.149 e. The van der Waals surface area contributed by atoms with Crippen molar-refractivity contribution in [3.05, 3.63) is 53.1 Å². The van der Waals surface area contributed by atoms with Crippen LogP contribution in [0.25, 0.3) is 0 Å². The lowest BCUT2D eigenvalue weighted by Gasteiger charge is -2.20. The predicted molar refractivity (Wildman–Crippen MR) is 82.5 cm³/mol. The fourth-order valence-corrected chi connectivity index (χ4v) is 2.65. The van der Waals surface area contributed by atoms with E-state index >= 15 is 0 Å². The van der Waals surface area contributed by atoms with E-state index in [9.17, 15) is 0 Å². The van der Waals surface area contributed by atoms with Crippen LogP contribution in [-0.2, 0) is 6.42 Å². The van der Waals surface area contributed by atoms with Crippen LogP contribution in [0, 0.1) is 6.92 Å². The number of hydrogen-bond acceptors (Lipinski definition) is 4. The number of nitrogens with zero attached hydrogens (tertiary/aromatic N) is 2. The molecule has 21 heavy (non-hydrogen) atoms. The van der Waals surface area contributed by atoms with Gasteiger partial charge in [-0.25, -0.2) is 9.97 Å². The lowest BCUT2D eigenvalue weighted by molar-refractivity contribution is 0.349. The molecule has 0 saturated heterocycles. The van der Waals surface area contributed by atoms with Gasteiger partial charge < -0.3 is 10.1 Å². The van der Waals surface area contributed by atoms with Gasteiger partial charge in [-0.15, -0.1) is 0 Å². The van der Waals surface area contributed by atoms with E-state index in [2.05, 4.69) is 40.4 Å². The fourth-order valence-electron chi connectivity index (χ4n) is 2.65. The van der Waals surface area contributed by atoms with Crippen LogP contribution in [0.4, 0.5) is 0 Å². The van der Waals surface area contributed by atoms with Crippen LogP contribution in [0.5, 0.6) is 5.75 Å². The van der Waals surface area contributed by atoms with Crippen molar-refractivity contribution in [1.82, 2.24) is 15.3 Å². The molecule has 0 aliphatic carbocycles. The lowest BCUT2D eigenvalue weighted by Crippen LogP contribution is -2.25. The Hall–Kier alpha value is -1.94. The number of ether oxygens (including phenoxy) is 1. The number of para-hydroxylation sites is 1. The summed E-state index contributed by atoms with van der Waals surface area (Å²) in [5.74, 6) is 1.81. The molecule has 0 fully saturated rings. The molecule has 1 aromatic heterocycles. The van der Waals surface area contributed by atoms with Crippen LogP contribution in [-0.4, -0.2) is 23.1 Å². The molecule has 1 unspecified atom stereocenters. The Morgan fingerprint density at radius 2 is 2.10 bits per heavy atom. The number of aryl methyl sites for hydroxylation is 1. The largest absolute Gasteiger partial charge is 0.493 e. The third-order valence-corrected chi connectivity index (χ3v) is 3.71. The number of aromatic nitrogens is 2. The fraction of sp³-hybridized carbons (Fsp3) is 0.412. The van der Waals surface area contributed by atoms with Gasteiger partial charge in [-0.3, -0.25) is 0 Å². The van der Waals surface area contributed by atoms with Gasteiger partial charge in [0.2, 0.25) is 0 Å². The molecule has 110 valence electrons. The summed E-state index contributed by atoms with van der Waals surface area (Å²) >= 11 is 0. The van der Waals surface area contributed by atoms with Gasteiger partial charge in [0.25, 0.3) is 0 Å². The Balaban J connectivity index is 1.99. The maximum Gasteiger partial charge on any atom is 0.149 e. The van der Waals surface area contributed by atoms with Gasteiger partial charge in [0.15, 0.2) is 0 Å². The summed E-state index contributed by atoms with van der Waals surface area (Å²) in [5.41, 5.74) is 3.49. The number of rotatable bonds is 5. The van der Waals surface area contributed by atoms with Crippen LogP contribution in [0.15, 0.2) is 30.6 Å². The maximum absolute atomic E-state index is 5.84. The molecule has 1 N–H and O–H groups in total.